The van der Waals surface area contributed by atoms with Crippen molar-refractivity contribution in [2.24, 2.45) is 0 Å². The van der Waals surface area contributed by atoms with Gasteiger partial charge in [0.2, 0.25) is 0 Å². The van der Waals surface area contributed by atoms with Gasteiger partial charge < -0.3 is 4.74 Å². The van der Waals surface area contributed by atoms with E-state index in [1.807, 2.05) is 12.1 Å². The molecule has 0 spiro atoms. The maximum absolute atomic E-state index is 9.11. The highest BCUT2D eigenvalue weighted by Crippen LogP contribution is 2.40. The van der Waals surface area contributed by atoms with Crippen molar-refractivity contribution < 1.29 is 4.74 Å². The fraction of sp³-hybridized carbons (Fsp3) is 0.462. The van der Waals surface area contributed by atoms with Gasteiger partial charge in [-0.1, -0.05) is 25.4 Å². The van der Waals surface area contributed by atoms with Crippen molar-refractivity contribution in [1.82, 2.24) is 0 Å². The third kappa shape index (κ3) is 1.88. The van der Waals surface area contributed by atoms with Gasteiger partial charge in [-0.25, -0.2) is 0 Å². The number of halogens is 1. The van der Waals surface area contributed by atoms with E-state index in [2.05, 4.69) is 19.9 Å². The zero-order valence-electron chi connectivity index (χ0n) is 9.46. The van der Waals surface area contributed by atoms with Crippen LogP contribution in [0.3, 0.4) is 0 Å². The smallest absolute Gasteiger partial charge is 0.127 e. The molecule has 1 unspecified atom stereocenters. The molecule has 1 aliphatic heterocycles. The summed E-state index contributed by atoms with van der Waals surface area (Å²) in [5, 5.41) is 9.80. The monoisotopic (exact) mass is 235 g/mol. The molecule has 0 saturated heterocycles. The molecule has 1 aromatic rings. The molecular formula is C13H14ClNO. The van der Waals surface area contributed by atoms with Crippen LogP contribution >= 0.6 is 11.6 Å². The van der Waals surface area contributed by atoms with E-state index in [4.69, 9.17) is 21.6 Å². The molecule has 0 saturated carbocycles. The zero-order chi connectivity index (χ0) is 11.7. The first-order valence-electron chi connectivity index (χ1n) is 5.49. The summed E-state index contributed by atoms with van der Waals surface area (Å²) in [6.45, 7) is 4.82. The maximum Gasteiger partial charge on any atom is 0.127 e. The lowest BCUT2D eigenvalue weighted by atomic mass is 9.89. The minimum Gasteiger partial charge on any atom is -0.493 e. The Balaban J connectivity index is 2.59. The van der Waals surface area contributed by atoms with Crippen LogP contribution in [0.1, 0.15) is 43.2 Å². The van der Waals surface area contributed by atoms with Gasteiger partial charge in [0.15, 0.2) is 0 Å². The topological polar surface area (TPSA) is 33.0 Å². The average Bonchev–Trinajstić information content (AvgIpc) is 2.27. The van der Waals surface area contributed by atoms with Crippen LogP contribution in [0.4, 0.5) is 0 Å². The highest BCUT2D eigenvalue weighted by Gasteiger charge is 2.25. The van der Waals surface area contributed by atoms with Crippen molar-refractivity contribution in [1.29, 1.82) is 5.26 Å². The number of benzene rings is 1. The highest BCUT2D eigenvalue weighted by molar-refractivity contribution is 6.30. The molecular weight excluding hydrogens is 222 g/mol. The van der Waals surface area contributed by atoms with Gasteiger partial charge >= 0.3 is 0 Å². The molecule has 2 rings (SSSR count). The van der Waals surface area contributed by atoms with Crippen molar-refractivity contribution in [3.63, 3.8) is 0 Å². The Hall–Kier alpha value is -1.20. The fourth-order valence-corrected chi connectivity index (χ4v) is 2.29. The summed E-state index contributed by atoms with van der Waals surface area (Å²) in [5.41, 5.74) is 2.05. The molecule has 2 nitrogen and oxygen atoms in total. The molecule has 1 heterocycles. The Morgan fingerprint density at radius 3 is 2.88 bits per heavy atom. The molecule has 0 fully saturated rings. The van der Waals surface area contributed by atoms with Crippen LogP contribution in [0.2, 0.25) is 5.02 Å². The lowest BCUT2D eigenvalue weighted by Crippen LogP contribution is -2.15. The Kier molecular flexibility index (Phi) is 3.07. The minimum absolute atomic E-state index is 0.0834. The Morgan fingerprint density at radius 2 is 2.25 bits per heavy atom. The van der Waals surface area contributed by atoms with E-state index in [-0.39, 0.29) is 5.92 Å². The molecule has 0 radical (unpaired) electrons. The summed E-state index contributed by atoms with van der Waals surface area (Å²) >= 11 is 6.08. The first-order valence-corrected chi connectivity index (χ1v) is 5.87. The summed E-state index contributed by atoms with van der Waals surface area (Å²) in [6, 6.07) is 6.11. The van der Waals surface area contributed by atoms with E-state index in [1.165, 1.54) is 0 Å². The lowest BCUT2D eigenvalue weighted by Gasteiger charge is -2.25. The summed E-state index contributed by atoms with van der Waals surface area (Å²) in [6.07, 6.45) is 0.751. The Labute approximate surface area is 101 Å². The molecule has 0 amide bonds. The third-order valence-electron chi connectivity index (χ3n) is 2.92. The molecule has 0 aromatic heterocycles. The van der Waals surface area contributed by atoms with Crippen LogP contribution in [-0.2, 0) is 0 Å². The van der Waals surface area contributed by atoms with E-state index in [9.17, 15) is 0 Å². The van der Waals surface area contributed by atoms with Crippen LogP contribution in [0, 0.1) is 11.3 Å². The SMILES string of the molecule is CC(C)c1cc(Cl)cc2c1OCCC2C#N. The molecule has 1 aliphatic rings. The number of rotatable bonds is 1. The van der Waals surface area contributed by atoms with Gasteiger partial charge in [0, 0.05) is 17.0 Å². The summed E-state index contributed by atoms with van der Waals surface area (Å²) < 4.78 is 5.69. The van der Waals surface area contributed by atoms with Crippen LogP contribution in [0.5, 0.6) is 5.75 Å². The van der Waals surface area contributed by atoms with Gasteiger partial charge in [0.05, 0.1) is 18.6 Å². The van der Waals surface area contributed by atoms with Crippen molar-refractivity contribution >= 4 is 11.6 Å². The fourth-order valence-electron chi connectivity index (χ4n) is 2.06. The van der Waals surface area contributed by atoms with Gasteiger partial charge in [0.1, 0.15) is 5.75 Å². The Morgan fingerprint density at radius 1 is 1.50 bits per heavy atom. The molecule has 1 aromatic carbocycles. The Bertz CT molecular complexity index is 448. The van der Waals surface area contributed by atoms with E-state index < -0.39 is 0 Å². The van der Waals surface area contributed by atoms with Crippen molar-refractivity contribution in [2.45, 2.75) is 32.1 Å². The number of hydrogen-bond donors (Lipinski definition) is 0. The summed E-state index contributed by atoms with van der Waals surface area (Å²) in [7, 11) is 0. The molecule has 0 bridgehead atoms. The van der Waals surface area contributed by atoms with Crippen LogP contribution in [0.15, 0.2) is 12.1 Å². The van der Waals surface area contributed by atoms with Crippen LogP contribution in [0.25, 0.3) is 0 Å². The molecule has 16 heavy (non-hydrogen) atoms. The number of hydrogen-bond acceptors (Lipinski definition) is 2. The van der Waals surface area contributed by atoms with Crippen molar-refractivity contribution in [2.75, 3.05) is 6.61 Å². The highest BCUT2D eigenvalue weighted by atomic mass is 35.5. The van der Waals surface area contributed by atoms with Gasteiger partial charge in [-0.05, 0) is 23.6 Å². The second-order valence-corrected chi connectivity index (χ2v) is 4.82. The zero-order valence-corrected chi connectivity index (χ0v) is 10.2. The molecule has 84 valence electrons. The van der Waals surface area contributed by atoms with E-state index >= 15 is 0 Å². The molecule has 3 heteroatoms. The van der Waals surface area contributed by atoms with Gasteiger partial charge in [-0.3, -0.25) is 0 Å². The van der Waals surface area contributed by atoms with Crippen LogP contribution < -0.4 is 4.74 Å². The van der Waals surface area contributed by atoms with Crippen molar-refractivity contribution in [3.05, 3.63) is 28.3 Å². The van der Waals surface area contributed by atoms with E-state index in [0.29, 0.717) is 17.5 Å². The quantitative estimate of drug-likeness (QED) is 0.741. The number of nitrogens with zero attached hydrogens (tertiary/aromatic N) is 1. The summed E-state index contributed by atoms with van der Waals surface area (Å²) in [4.78, 5) is 0. The standard InChI is InChI=1S/C13H14ClNO/c1-8(2)11-5-10(14)6-12-9(7-15)3-4-16-13(11)12/h5-6,8-9H,3-4H2,1-2H3. The molecule has 0 aliphatic carbocycles. The van der Waals surface area contributed by atoms with Gasteiger partial charge in [-0.15, -0.1) is 0 Å². The second-order valence-electron chi connectivity index (χ2n) is 4.39. The average molecular weight is 236 g/mol. The maximum atomic E-state index is 9.11. The van der Waals surface area contributed by atoms with E-state index in [0.717, 1.165) is 23.3 Å². The minimum atomic E-state index is -0.0834. The number of nitriles is 1. The first kappa shape index (κ1) is 11.3. The number of fused-ring (bicyclic) bond motifs is 1. The lowest BCUT2D eigenvalue weighted by molar-refractivity contribution is 0.276. The number of ether oxygens (including phenoxy) is 1. The van der Waals surface area contributed by atoms with E-state index in [1.54, 1.807) is 0 Å². The normalized spacial score (nSPS) is 18.8. The summed E-state index contributed by atoms with van der Waals surface area (Å²) in [5.74, 6) is 1.14. The predicted octanol–water partition coefficient (Wildman–Crippen LogP) is 3.85. The molecule has 1 atom stereocenters. The van der Waals surface area contributed by atoms with Gasteiger partial charge in [-0.2, -0.15) is 5.26 Å². The van der Waals surface area contributed by atoms with Gasteiger partial charge in [0.25, 0.3) is 0 Å². The third-order valence-corrected chi connectivity index (χ3v) is 3.14. The van der Waals surface area contributed by atoms with Crippen LogP contribution in [-0.4, -0.2) is 6.61 Å². The molecule has 0 N–H and O–H groups in total. The van der Waals surface area contributed by atoms with Crippen molar-refractivity contribution in [3.8, 4) is 11.8 Å². The predicted molar refractivity (Wildman–Crippen MR) is 64.0 cm³/mol. The first-order chi connectivity index (χ1) is 7.63. The largest absolute Gasteiger partial charge is 0.493 e. The second kappa shape index (κ2) is 4.35.